The summed E-state index contributed by atoms with van der Waals surface area (Å²) in [5, 5.41) is 7.18. The number of amides is 1. The van der Waals surface area contributed by atoms with Crippen molar-refractivity contribution in [1.29, 1.82) is 0 Å². The van der Waals surface area contributed by atoms with Crippen LogP contribution in [-0.2, 0) is 4.79 Å². The zero-order valence-corrected chi connectivity index (χ0v) is 17.0. The Hall–Kier alpha value is -2.81. The molecule has 1 fully saturated rings. The summed E-state index contributed by atoms with van der Waals surface area (Å²) in [5.41, 5.74) is 1.88. The van der Waals surface area contributed by atoms with Gasteiger partial charge in [-0.15, -0.1) is 0 Å². The lowest BCUT2D eigenvalue weighted by Gasteiger charge is -2.33. The van der Waals surface area contributed by atoms with Gasteiger partial charge in [0.15, 0.2) is 5.82 Å². The maximum absolute atomic E-state index is 12.8. The van der Waals surface area contributed by atoms with Crippen molar-refractivity contribution in [2.75, 3.05) is 23.3 Å². The molecule has 144 valence electrons. The van der Waals surface area contributed by atoms with E-state index in [0.29, 0.717) is 12.4 Å². The highest BCUT2D eigenvalue weighted by molar-refractivity contribution is 9.10. The third-order valence-corrected chi connectivity index (χ3v) is 5.35. The number of hydrogen-bond donors (Lipinski definition) is 1. The molecular formula is C19H20BrN7O. The molecular weight excluding hydrogens is 422 g/mol. The fraction of sp³-hybridized carbons (Fsp3) is 0.316. The zero-order chi connectivity index (χ0) is 19.5. The van der Waals surface area contributed by atoms with Crippen LogP contribution in [0.4, 0.5) is 11.5 Å². The number of hydrogen-bond acceptors (Lipinski definition) is 6. The Balaban J connectivity index is 1.47. The van der Waals surface area contributed by atoms with Gasteiger partial charge in [-0.25, -0.2) is 19.6 Å². The molecule has 2 aromatic heterocycles. The first-order valence-electron chi connectivity index (χ1n) is 9.09. The fourth-order valence-corrected chi connectivity index (χ4v) is 3.84. The minimum Gasteiger partial charge on any atom is -0.356 e. The number of nitrogens with zero attached hydrogens (tertiary/aromatic N) is 6. The number of anilines is 2. The Bertz CT molecular complexity index is 976. The topological polar surface area (TPSA) is 88.8 Å². The van der Waals surface area contributed by atoms with E-state index in [9.17, 15) is 4.79 Å². The number of aryl methyl sites for hydroxylation is 1. The Morgan fingerprint density at radius 1 is 1.21 bits per heavy atom. The molecule has 4 rings (SSSR count). The summed E-state index contributed by atoms with van der Waals surface area (Å²) in [4.78, 5) is 27.5. The lowest BCUT2D eigenvalue weighted by Crippen LogP contribution is -2.41. The zero-order valence-electron chi connectivity index (χ0n) is 15.4. The maximum atomic E-state index is 12.8. The number of carbonyl (C=O) groups excluding carboxylic acids is 1. The van der Waals surface area contributed by atoms with Gasteiger partial charge in [0.1, 0.15) is 24.8 Å². The highest BCUT2D eigenvalue weighted by Gasteiger charge is 2.27. The first kappa shape index (κ1) is 18.5. The quantitative estimate of drug-likeness (QED) is 0.669. The van der Waals surface area contributed by atoms with Crippen molar-refractivity contribution in [1.82, 2.24) is 24.7 Å². The summed E-state index contributed by atoms with van der Waals surface area (Å²) in [5.74, 6) is 1.39. The minimum atomic E-state index is -0.0958. The Labute approximate surface area is 171 Å². The molecule has 1 unspecified atom stereocenters. The lowest BCUT2D eigenvalue weighted by atomic mass is 9.97. The van der Waals surface area contributed by atoms with Gasteiger partial charge in [0.25, 0.3) is 0 Å². The van der Waals surface area contributed by atoms with E-state index in [4.69, 9.17) is 0 Å². The van der Waals surface area contributed by atoms with E-state index in [2.05, 4.69) is 46.2 Å². The maximum Gasteiger partial charge on any atom is 0.229 e. The van der Waals surface area contributed by atoms with E-state index in [0.717, 1.165) is 40.9 Å². The molecule has 1 aliphatic heterocycles. The predicted molar refractivity (Wildman–Crippen MR) is 109 cm³/mol. The number of nitrogens with one attached hydrogen (secondary N) is 1. The van der Waals surface area contributed by atoms with Gasteiger partial charge in [-0.05, 0) is 43.5 Å². The SMILES string of the molecule is Cc1cc(Br)ccc1NC(=O)C1CCCN(c2cc(-n3cncn3)ncn2)C1. The Morgan fingerprint density at radius 2 is 2.07 bits per heavy atom. The average Bonchev–Trinajstić information content (AvgIpc) is 3.25. The van der Waals surface area contributed by atoms with Crippen LogP contribution in [0.1, 0.15) is 18.4 Å². The fourth-order valence-electron chi connectivity index (χ4n) is 3.36. The van der Waals surface area contributed by atoms with Crippen LogP contribution in [0.2, 0.25) is 0 Å². The van der Waals surface area contributed by atoms with Crippen molar-refractivity contribution < 1.29 is 4.79 Å². The summed E-state index contributed by atoms with van der Waals surface area (Å²) in [7, 11) is 0. The van der Waals surface area contributed by atoms with E-state index < -0.39 is 0 Å². The first-order valence-corrected chi connectivity index (χ1v) is 9.88. The number of halogens is 1. The number of benzene rings is 1. The van der Waals surface area contributed by atoms with Crippen molar-refractivity contribution in [3.8, 4) is 5.82 Å². The number of carbonyl (C=O) groups is 1. The van der Waals surface area contributed by atoms with Gasteiger partial charge in [0.05, 0.1) is 5.92 Å². The van der Waals surface area contributed by atoms with Gasteiger partial charge in [-0.2, -0.15) is 5.10 Å². The van der Waals surface area contributed by atoms with E-state index >= 15 is 0 Å². The molecule has 1 aromatic carbocycles. The summed E-state index contributed by atoms with van der Waals surface area (Å²) in [6.07, 6.45) is 6.37. The third kappa shape index (κ3) is 4.04. The predicted octanol–water partition coefficient (Wildman–Crippen LogP) is 2.98. The van der Waals surface area contributed by atoms with Crippen LogP contribution in [0, 0.1) is 12.8 Å². The molecule has 0 spiro atoms. The van der Waals surface area contributed by atoms with Crippen molar-refractivity contribution in [2.45, 2.75) is 19.8 Å². The minimum absolute atomic E-state index is 0.0423. The molecule has 8 nitrogen and oxygen atoms in total. The smallest absolute Gasteiger partial charge is 0.229 e. The number of piperidine rings is 1. The molecule has 1 aliphatic rings. The molecule has 3 heterocycles. The first-order chi connectivity index (χ1) is 13.6. The van der Waals surface area contributed by atoms with Crippen LogP contribution in [0.25, 0.3) is 5.82 Å². The standard InChI is InChI=1S/C19H20BrN7O/c1-13-7-15(20)4-5-16(13)25-19(28)14-3-2-6-26(9-14)17-8-18(23-11-22-17)27-12-21-10-24-27/h4-5,7-8,10-12,14H,2-3,6,9H2,1H3,(H,25,28). The second kappa shape index (κ2) is 8.05. The lowest BCUT2D eigenvalue weighted by molar-refractivity contribution is -0.120. The van der Waals surface area contributed by atoms with E-state index in [1.807, 2.05) is 31.2 Å². The molecule has 0 radical (unpaired) electrons. The third-order valence-electron chi connectivity index (χ3n) is 4.85. The summed E-state index contributed by atoms with van der Waals surface area (Å²) < 4.78 is 2.59. The molecule has 28 heavy (non-hydrogen) atoms. The van der Waals surface area contributed by atoms with Crippen LogP contribution >= 0.6 is 15.9 Å². The number of rotatable bonds is 4. The molecule has 0 saturated carbocycles. The van der Waals surface area contributed by atoms with Gasteiger partial charge in [0.2, 0.25) is 5.91 Å². The largest absolute Gasteiger partial charge is 0.356 e. The highest BCUT2D eigenvalue weighted by atomic mass is 79.9. The average molecular weight is 442 g/mol. The number of aromatic nitrogens is 5. The molecule has 1 amide bonds. The van der Waals surface area contributed by atoms with Gasteiger partial charge in [-0.3, -0.25) is 4.79 Å². The summed E-state index contributed by atoms with van der Waals surface area (Å²) in [6.45, 7) is 3.46. The van der Waals surface area contributed by atoms with Crippen LogP contribution in [-0.4, -0.2) is 43.7 Å². The van der Waals surface area contributed by atoms with Crippen molar-refractivity contribution >= 4 is 33.3 Å². The van der Waals surface area contributed by atoms with Crippen LogP contribution in [0.3, 0.4) is 0 Å². The Morgan fingerprint density at radius 3 is 2.86 bits per heavy atom. The Kier molecular flexibility index (Phi) is 5.34. The second-order valence-corrected chi connectivity index (χ2v) is 7.72. The van der Waals surface area contributed by atoms with E-state index in [1.54, 1.807) is 11.0 Å². The van der Waals surface area contributed by atoms with Crippen molar-refractivity contribution in [2.24, 2.45) is 5.92 Å². The van der Waals surface area contributed by atoms with Gasteiger partial charge in [-0.1, -0.05) is 15.9 Å². The van der Waals surface area contributed by atoms with Gasteiger partial charge < -0.3 is 10.2 Å². The van der Waals surface area contributed by atoms with Gasteiger partial charge in [0, 0.05) is 29.3 Å². The summed E-state index contributed by atoms with van der Waals surface area (Å²) >= 11 is 3.45. The molecule has 9 heteroatoms. The molecule has 3 aromatic rings. The molecule has 1 saturated heterocycles. The second-order valence-electron chi connectivity index (χ2n) is 6.81. The molecule has 1 N–H and O–H groups in total. The van der Waals surface area contributed by atoms with Crippen LogP contribution < -0.4 is 10.2 Å². The van der Waals surface area contributed by atoms with Gasteiger partial charge >= 0.3 is 0 Å². The molecule has 0 aliphatic carbocycles. The molecule has 1 atom stereocenters. The van der Waals surface area contributed by atoms with Crippen molar-refractivity contribution in [3.63, 3.8) is 0 Å². The monoisotopic (exact) mass is 441 g/mol. The van der Waals surface area contributed by atoms with Crippen molar-refractivity contribution in [3.05, 3.63) is 53.3 Å². The van der Waals surface area contributed by atoms with Crippen LogP contribution in [0.15, 0.2) is 47.7 Å². The van der Waals surface area contributed by atoms with Crippen LogP contribution in [0.5, 0.6) is 0 Å². The molecule has 0 bridgehead atoms. The van der Waals surface area contributed by atoms with E-state index in [-0.39, 0.29) is 11.8 Å². The summed E-state index contributed by atoms with van der Waals surface area (Å²) in [6, 6.07) is 7.72. The highest BCUT2D eigenvalue weighted by Crippen LogP contribution is 2.25. The normalized spacial score (nSPS) is 16.8. The van der Waals surface area contributed by atoms with E-state index in [1.165, 1.54) is 12.7 Å².